The van der Waals surface area contributed by atoms with Gasteiger partial charge in [-0.15, -0.1) is 0 Å². The molecule has 0 unspecified atom stereocenters. The zero-order valence-corrected chi connectivity index (χ0v) is 11.4. The minimum atomic E-state index is -5.12. The fraction of sp³-hybridized carbons (Fsp3) is 0.750. The number of carbonyl (C=O) groups excluding carboxylic acids is 3. The Morgan fingerprint density at radius 3 is 2.29 bits per heavy atom. The molecule has 0 aromatic carbocycles. The lowest BCUT2D eigenvalue weighted by atomic mass is 9.88. The van der Waals surface area contributed by atoms with E-state index in [0.29, 0.717) is 17.7 Å². The van der Waals surface area contributed by atoms with Crippen LogP contribution in [0.25, 0.3) is 0 Å². The van der Waals surface area contributed by atoms with Crippen LogP contribution in [0, 0.1) is 5.92 Å². The van der Waals surface area contributed by atoms with Crippen molar-refractivity contribution in [2.45, 2.75) is 43.9 Å². The first-order valence-electron chi connectivity index (χ1n) is 6.68. The zero-order chi connectivity index (χ0) is 15.8. The van der Waals surface area contributed by atoms with Crippen molar-refractivity contribution < 1.29 is 27.6 Å². The van der Waals surface area contributed by atoms with Crippen LogP contribution in [0.3, 0.4) is 0 Å². The maximum atomic E-state index is 13.3. The Morgan fingerprint density at radius 1 is 1.29 bits per heavy atom. The molecule has 6 nitrogen and oxygen atoms in total. The van der Waals surface area contributed by atoms with Crippen LogP contribution < -0.4 is 10.6 Å². The second-order valence-corrected chi connectivity index (χ2v) is 5.37. The predicted octanol–water partition coefficient (Wildman–Crippen LogP) is 1.12. The lowest BCUT2D eigenvalue weighted by Crippen LogP contribution is -2.70. The van der Waals surface area contributed by atoms with Crippen molar-refractivity contribution in [3.05, 3.63) is 0 Å². The molecule has 9 heteroatoms. The van der Waals surface area contributed by atoms with E-state index in [2.05, 4.69) is 0 Å². The molecule has 2 N–H and O–H groups in total. The van der Waals surface area contributed by atoms with Crippen molar-refractivity contribution in [2.75, 3.05) is 7.05 Å². The van der Waals surface area contributed by atoms with Gasteiger partial charge in [0.1, 0.15) is 0 Å². The van der Waals surface area contributed by atoms with Gasteiger partial charge >= 0.3 is 12.2 Å². The summed E-state index contributed by atoms with van der Waals surface area (Å²) in [4.78, 5) is 35.5. The second-order valence-electron chi connectivity index (χ2n) is 5.37. The largest absolute Gasteiger partial charge is 0.440 e. The predicted molar refractivity (Wildman–Crippen MR) is 64.8 cm³/mol. The Bertz CT molecular complexity index is 474. The van der Waals surface area contributed by atoms with Crippen molar-refractivity contribution in [2.24, 2.45) is 5.92 Å². The van der Waals surface area contributed by atoms with Gasteiger partial charge in [-0.25, -0.2) is 4.79 Å². The number of amides is 4. The second kappa shape index (κ2) is 5.19. The SMILES string of the molecule is CN1C(=O)N[C@@](NC(=O)C2CCCCC2)(C(F)(F)F)C1=O. The molecule has 1 heterocycles. The lowest BCUT2D eigenvalue weighted by Gasteiger charge is -2.32. The van der Waals surface area contributed by atoms with E-state index in [1.807, 2.05) is 0 Å². The summed E-state index contributed by atoms with van der Waals surface area (Å²) in [7, 11) is 0.928. The van der Waals surface area contributed by atoms with E-state index < -0.39 is 35.6 Å². The van der Waals surface area contributed by atoms with E-state index >= 15 is 0 Å². The van der Waals surface area contributed by atoms with Crippen molar-refractivity contribution in [1.29, 1.82) is 0 Å². The van der Waals surface area contributed by atoms with Crippen LogP contribution in [0.4, 0.5) is 18.0 Å². The molecule has 1 saturated carbocycles. The van der Waals surface area contributed by atoms with Crippen LogP contribution >= 0.6 is 0 Å². The Balaban J connectivity index is 2.24. The molecule has 1 aliphatic heterocycles. The highest BCUT2D eigenvalue weighted by molar-refractivity contribution is 6.08. The first-order valence-corrected chi connectivity index (χ1v) is 6.68. The van der Waals surface area contributed by atoms with Gasteiger partial charge in [-0.05, 0) is 12.8 Å². The summed E-state index contributed by atoms with van der Waals surface area (Å²) in [6.07, 6.45) is -1.69. The molecule has 1 saturated heterocycles. The molecule has 0 aromatic rings. The lowest BCUT2D eigenvalue weighted by molar-refractivity contribution is -0.204. The summed E-state index contributed by atoms with van der Waals surface area (Å²) < 4.78 is 39.8. The quantitative estimate of drug-likeness (QED) is 0.751. The van der Waals surface area contributed by atoms with Crippen LogP contribution in [-0.2, 0) is 9.59 Å². The van der Waals surface area contributed by atoms with Gasteiger partial charge in [0.25, 0.3) is 11.6 Å². The van der Waals surface area contributed by atoms with Gasteiger partial charge in [0, 0.05) is 13.0 Å². The molecule has 0 radical (unpaired) electrons. The summed E-state index contributed by atoms with van der Waals surface area (Å²) in [6.45, 7) is 0. The zero-order valence-electron chi connectivity index (χ0n) is 11.4. The van der Waals surface area contributed by atoms with E-state index in [9.17, 15) is 27.6 Å². The number of urea groups is 1. The molecule has 2 rings (SSSR count). The first-order chi connectivity index (χ1) is 9.69. The molecule has 21 heavy (non-hydrogen) atoms. The standard InChI is InChI=1S/C12H16F3N3O3/c1-18-9(20)11(12(13,14)15,17-10(18)21)16-8(19)7-5-3-2-4-6-7/h7H,2-6H2,1H3,(H,16,19)(H,17,21)/t11-/m1/s1. The van der Waals surface area contributed by atoms with E-state index in [-0.39, 0.29) is 0 Å². The summed E-state index contributed by atoms with van der Waals surface area (Å²) >= 11 is 0. The van der Waals surface area contributed by atoms with Gasteiger partial charge in [0.2, 0.25) is 5.91 Å². The number of alkyl halides is 3. The number of imide groups is 1. The minimum Gasteiger partial charge on any atom is -0.318 e. The summed E-state index contributed by atoms with van der Waals surface area (Å²) in [6, 6.07) is -1.19. The summed E-state index contributed by atoms with van der Waals surface area (Å²) in [5.74, 6) is -2.94. The molecule has 0 aromatic heterocycles. The van der Waals surface area contributed by atoms with Crippen molar-refractivity contribution in [1.82, 2.24) is 15.5 Å². The van der Waals surface area contributed by atoms with Crippen molar-refractivity contribution in [3.8, 4) is 0 Å². The number of rotatable bonds is 2. The third-order valence-corrected chi connectivity index (χ3v) is 3.94. The Labute approximate surface area is 119 Å². The van der Waals surface area contributed by atoms with Gasteiger partial charge in [-0.3, -0.25) is 19.8 Å². The molecule has 118 valence electrons. The smallest absolute Gasteiger partial charge is 0.318 e. The number of carbonyl (C=O) groups is 3. The Morgan fingerprint density at radius 2 is 1.86 bits per heavy atom. The third-order valence-electron chi connectivity index (χ3n) is 3.94. The number of hydrogen-bond acceptors (Lipinski definition) is 3. The number of halogens is 3. The number of likely N-dealkylation sites (N-methyl/N-ethyl adjacent to an activating group) is 1. The Kier molecular flexibility index (Phi) is 3.85. The van der Waals surface area contributed by atoms with Crippen LogP contribution in [0.15, 0.2) is 0 Å². The van der Waals surface area contributed by atoms with Gasteiger partial charge in [0.15, 0.2) is 0 Å². The van der Waals surface area contributed by atoms with Crippen LogP contribution in [0.5, 0.6) is 0 Å². The molecular weight excluding hydrogens is 291 g/mol. The van der Waals surface area contributed by atoms with Crippen molar-refractivity contribution >= 4 is 17.8 Å². The van der Waals surface area contributed by atoms with Crippen LogP contribution in [-0.4, -0.2) is 41.6 Å². The fourth-order valence-electron chi connectivity index (χ4n) is 2.64. The van der Waals surface area contributed by atoms with Gasteiger partial charge in [-0.1, -0.05) is 19.3 Å². The van der Waals surface area contributed by atoms with Crippen LogP contribution in [0.2, 0.25) is 0 Å². The summed E-state index contributed by atoms with van der Waals surface area (Å²) in [5.41, 5.74) is -3.35. The molecule has 0 spiro atoms. The molecular formula is C12H16F3N3O3. The average Bonchev–Trinajstić information content (AvgIpc) is 2.64. The van der Waals surface area contributed by atoms with Gasteiger partial charge in [-0.2, -0.15) is 13.2 Å². The third kappa shape index (κ3) is 2.56. The highest BCUT2D eigenvalue weighted by Crippen LogP contribution is 2.34. The number of nitrogens with zero attached hydrogens (tertiary/aromatic N) is 1. The summed E-state index contributed by atoms with van der Waals surface area (Å²) in [5, 5.41) is 3.28. The monoisotopic (exact) mass is 307 g/mol. The van der Waals surface area contributed by atoms with Crippen molar-refractivity contribution in [3.63, 3.8) is 0 Å². The number of nitrogens with one attached hydrogen (secondary N) is 2. The maximum Gasteiger partial charge on any atom is 0.440 e. The molecule has 1 atom stereocenters. The normalized spacial score (nSPS) is 27.7. The molecule has 1 aliphatic carbocycles. The van der Waals surface area contributed by atoms with Crippen LogP contribution in [0.1, 0.15) is 32.1 Å². The minimum absolute atomic E-state index is 0.314. The highest BCUT2D eigenvalue weighted by Gasteiger charge is 2.68. The maximum absolute atomic E-state index is 13.3. The Hall–Kier alpha value is -1.80. The fourth-order valence-corrected chi connectivity index (χ4v) is 2.64. The van der Waals surface area contributed by atoms with E-state index in [1.54, 1.807) is 10.6 Å². The first kappa shape index (κ1) is 15.6. The van der Waals surface area contributed by atoms with E-state index in [0.717, 1.165) is 26.3 Å². The molecule has 0 bridgehead atoms. The number of hydrogen-bond donors (Lipinski definition) is 2. The molecule has 4 amide bonds. The molecule has 2 fully saturated rings. The van der Waals surface area contributed by atoms with Gasteiger partial charge in [0.05, 0.1) is 0 Å². The topological polar surface area (TPSA) is 78.5 Å². The van der Waals surface area contributed by atoms with E-state index in [1.165, 1.54) is 0 Å². The van der Waals surface area contributed by atoms with Gasteiger partial charge < -0.3 is 5.32 Å². The molecule has 2 aliphatic rings. The van der Waals surface area contributed by atoms with E-state index in [4.69, 9.17) is 0 Å². The average molecular weight is 307 g/mol. The highest BCUT2D eigenvalue weighted by atomic mass is 19.4.